The fourth-order valence-corrected chi connectivity index (χ4v) is 2.11. The summed E-state index contributed by atoms with van der Waals surface area (Å²) >= 11 is 0. The Bertz CT molecular complexity index is 496. The minimum absolute atomic E-state index is 0.0149. The monoisotopic (exact) mass is 291 g/mol. The molecule has 0 atom stereocenters. The van der Waals surface area contributed by atoms with Gasteiger partial charge in [-0.1, -0.05) is 19.9 Å². The number of hydrogen-bond donors (Lipinski definition) is 3. The van der Waals surface area contributed by atoms with E-state index in [1.54, 1.807) is 0 Å². The van der Waals surface area contributed by atoms with Crippen LogP contribution in [0.5, 0.6) is 0 Å². The fourth-order valence-electron chi connectivity index (χ4n) is 2.11. The van der Waals surface area contributed by atoms with Crippen molar-refractivity contribution in [1.82, 2.24) is 0 Å². The van der Waals surface area contributed by atoms with Crippen LogP contribution >= 0.6 is 0 Å². The number of anilines is 2. The Morgan fingerprint density at radius 2 is 1.81 bits per heavy atom. The summed E-state index contributed by atoms with van der Waals surface area (Å²) in [7, 11) is 0. The fraction of sp³-hybridized carbons (Fsp3) is 0.500. The zero-order chi connectivity index (χ0) is 15.8. The molecule has 0 aliphatic rings. The summed E-state index contributed by atoms with van der Waals surface area (Å²) in [6, 6.07) is 5.56. The molecule has 1 aromatic carbocycles. The van der Waals surface area contributed by atoms with Gasteiger partial charge < -0.3 is 16.4 Å². The molecule has 5 heteroatoms. The van der Waals surface area contributed by atoms with Crippen molar-refractivity contribution in [3.8, 4) is 0 Å². The van der Waals surface area contributed by atoms with Gasteiger partial charge in [0.05, 0.1) is 11.4 Å². The number of rotatable bonds is 7. The zero-order valence-corrected chi connectivity index (χ0v) is 13.0. The number of amides is 2. The van der Waals surface area contributed by atoms with Crippen molar-refractivity contribution < 1.29 is 9.59 Å². The van der Waals surface area contributed by atoms with Crippen LogP contribution in [-0.2, 0) is 9.59 Å². The SMILES string of the molecule is CCC(CC)C(=O)Nc1ccc(C)cc1NC(=O)CCN. The maximum Gasteiger partial charge on any atom is 0.227 e. The smallest absolute Gasteiger partial charge is 0.227 e. The summed E-state index contributed by atoms with van der Waals surface area (Å²) in [5.74, 6) is -0.182. The molecule has 0 unspecified atom stereocenters. The molecule has 0 aliphatic heterocycles. The Labute approximate surface area is 126 Å². The highest BCUT2D eigenvalue weighted by Gasteiger charge is 2.16. The van der Waals surface area contributed by atoms with E-state index in [-0.39, 0.29) is 24.2 Å². The summed E-state index contributed by atoms with van der Waals surface area (Å²) in [4.78, 5) is 23.9. The van der Waals surface area contributed by atoms with E-state index >= 15 is 0 Å². The number of aryl methyl sites for hydroxylation is 1. The molecule has 0 aliphatic carbocycles. The molecule has 0 spiro atoms. The molecule has 0 radical (unpaired) electrons. The summed E-state index contributed by atoms with van der Waals surface area (Å²) in [6.07, 6.45) is 1.85. The molecule has 0 fully saturated rings. The average Bonchev–Trinajstić information content (AvgIpc) is 2.43. The van der Waals surface area contributed by atoms with Crippen molar-refractivity contribution in [2.24, 2.45) is 11.7 Å². The van der Waals surface area contributed by atoms with Crippen LogP contribution in [0.4, 0.5) is 11.4 Å². The second-order valence-corrected chi connectivity index (χ2v) is 5.14. The normalized spacial score (nSPS) is 10.5. The van der Waals surface area contributed by atoms with E-state index in [0.717, 1.165) is 18.4 Å². The van der Waals surface area contributed by atoms with Gasteiger partial charge in [-0.15, -0.1) is 0 Å². The first-order valence-corrected chi connectivity index (χ1v) is 7.43. The van der Waals surface area contributed by atoms with Crippen LogP contribution in [0.1, 0.15) is 38.7 Å². The first kappa shape index (κ1) is 17.2. The molecule has 2 amide bonds. The zero-order valence-electron chi connectivity index (χ0n) is 13.0. The van der Waals surface area contributed by atoms with Gasteiger partial charge in [0.25, 0.3) is 0 Å². The van der Waals surface area contributed by atoms with Crippen LogP contribution in [0.2, 0.25) is 0 Å². The lowest BCUT2D eigenvalue weighted by Gasteiger charge is -2.16. The number of nitrogens with two attached hydrogens (primary N) is 1. The molecule has 116 valence electrons. The predicted molar refractivity (Wildman–Crippen MR) is 86.2 cm³/mol. The molecule has 1 rings (SSSR count). The number of nitrogens with one attached hydrogen (secondary N) is 2. The standard InChI is InChI=1S/C16H25N3O2/c1-4-12(5-2)16(21)19-13-7-6-11(3)10-14(13)18-15(20)8-9-17/h6-7,10,12H,4-5,8-9,17H2,1-3H3,(H,18,20)(H,19,21). The van der Waals surface area contributed by atoms with E-state index in [1.807, 2.05) is 39.0 Å². The Balaban J connectivity index is 2.91. The van der Waals surface area contributed by atoms with Crippen LogP contribution in [0, 0.1) is 12.8 Å². The van der Waals surface area contributed by atoms with Crippen molar-refractivity contribution in [1.29, 1.82) is 0 Å². The summed E-state index contributed by atoms with van der Waals surface area (Å²) < 4.78 is 0. The number of carbonyl (C=O) groups is 2. The molecule has 0 heterocycles. The Hall–Kier alpha value is -1.88. The van der Waals surface area contributed by atoms with Gasteiger partial charge in [-0.2, -0.15) is 0 Å². The minimum atomic E-state index is -0.152. The minimum Gasteiger partial charge on any atom is -0.330 e. The highest BCUT2D eigenvalue weighted by atomic mass is 16.2. The molecule has 0 bridgehead atoms. The second kappa shape index (κ2) is 8.42. The molecule has 5 nitrogen and oxygen atoms in total. The highest BCUT2D eigenvalue weighted by Crippen LogP contribution is 2.24. The summed E-state index contributed by atoms with van der Waals surface area (Å²) in [6.45, 7) is 6.22. The van der Waals surface area contributed by atoms with Gasteiger partial charge >= 0.3 is 0 Å². The lowest BCUT2D eigenvalue weighted by molar-refractivity contribution is -0.120. The number of benzene rings is 1. The maximum atomic E-state index is 12.2. The Kier molecular flexibility index (Phi) is 6.88. The van der Waals surface area contributed by atoms with Crippen molar-refractivity contribution in [2.75, 3.05) is 17.2 Å². The van der Waals surface area contributed by atoms with E-state index in [0.29, 0.717) is 17.9 Å². The van der Waals surface area contributed by atoms with E-state index in [2.05, 4.69) is 10.6 Å². The molecule has 0 saturated heterocycles. The van der Waals surface area contributed by atoms with Crippen LogP contribution < -0.4 is 16.4 Å². The van der Waals surface area contributed by atoms with Gasteiger partial charge in [0, 0.05) is 18.9 Å². The quantitative estimate of drug-likeness (QED) is 0.722. The van der Waals surface area contributed by atoms with Crippen LogP contribution in [0.15, 0.2) is 18.2 Å². The maximum absolute atomic E-state index is 12.2. The van der Waals surface area contributed by atoms with Crippen molar-refractivity contribution in [3.63, 3.8) is 0 Å². The number of carbonyl (C=O) groups excluding carboxylic acids is 2. The van der Waals surface area contributed by atoms with Crippen LogP contribution in [-0.4, -0.2) is 18.4 Å². The third kappa shape index (κ3) is 5.19. The van der Waals surface area contributed by atoms with Gasteiger partial charge in [0.1, 0.15) is 0 Å². The van der Waals surface area contributed by atoms with Gasteiger partial charge in [-0.05, 0) is 37.5 Å². The Morgan fingerprint density at radius 3 is 2.38 bits per heavy atom. The highest BCUT2D eigenvalue weighted by molar-refractivity contribution is 6.00. The molecule has 4 N–H and O–H groups in total. The largest absolute Gasteiger partial charge is 0.330 e. The second-order valence-electron chi connectivity index (χ2n) is 5.14. The lowest BCUT2D eigenvalue weighted by Crippen LogP contribution is -2.23. The molecular formula is C16H25N3O2. The van der Waals surface area contributed by atoms with E-state index < -0.39 is 0 Å². The molecule has 21 heavy (non-hydrogen) atoms. The Morgan fingerprint density at radius 1 is 1.14 bits per heavy atom. The third-order valence-corrected chi connectivity index (χ3v) is 3.43. The van der Waals surface area contributed by atoms with E-state index in [1.165, 1.54) is 0 Å². The van der Waals surface area contributed by atoms with E-state index in [4.69, 9.17) is 5.73 Å². The predicted octanol–water partition coefficient (Wildman–Crippen LogP) is 2.66. The topological polar surface area (TPSA) is 84.2 Å². The van der Waals surface area contributed by atoms with Crippen LogP contribution in [0.25, 0.3) is 0 Å². The molecule has 0 aromatic heterocycles. The van der Waals surface area contributed by atoms with Gasteiger partial charge in [-0.25, -0.2) is 0 Å². The summed E-state index contributed by atoms with van der Waals surface area (Å²) in [5.41, 5.74) is 7.64. The van der Waals surface area contributed by atoms with Crippen LogP contribution in [0.3, 0.4) is 0 Å². The lowest BCUT2D eigenvalue weighted by atomic mass is 10.0. The first-order valence-electron chi connectivity index (χ1n) is 7.43. The molecule has 1 aromatic rings. The van der Waals surface area contributed by atoms with Gasteiger partial charge in [0.15, 0.2) is 0 Å². The molecule has 0 saturated carbocycles. The van der Waals surface area contributed by atoms with Crippen molar-refractivity contribution in [3.05, 3.63) is 23.8 Å². The molecular weight excluding hydrogens is 266 g/mol. The van der Waals surface area contributed by atoms with Crippen molar-refractivity contribution in [2.45, 2.75) is 40.0 Å². The number of hydrogen-bond acceptors (Lipinski definition) is 3. The van der Waals surface area contributed by atoms with E-state index in [9.17, 15) is 9.59 Å². The van der Waals surface area contributed by atoms with Crippen molar-refractivity contribution >= 4 is 23.2 Å². The van der Waals surface area contributed by atoms with Gasteiger partial charge in [-0.3, -0.25) is 9.59 Å². The average molecular weight is 291 g/mol. The first-order chi connectivity index (χ1) is 10.0. The summed E-state index contributed by atoms with van der Waals surface area (Å²) in [5, 5.41) is 5.70. The van der Waals surface area contributed by atoms with Gasteiger partial charge in [0.2, 0.25) is 11.8 Å². The third-order valence-electron chi connectivity index (χ3n) is 3.43.